The highest BCUT2D eigenvalue weighted by atomic mass is 19.4. The van der Waals surface area contributed by atoms with Crippen LogP contribution in [0.5, 0.6) is 0 Å². The van der Waals surface area contributed by atoms with Gasteiger partial charge in [-0.15, -0.1) is 0 Å². The van der Waals surface area contributed by atoms with Crippen molar-refractivity contribution in [3.8, 4) is 0 Å². The molecule has 0 radical (unpaired) electrons. The third-order valence-electron chi connectivity index (χ3n) is 4.49. The monoisotopic (exact) mass is 287 g/mol. The second-order valence-electron chi connectivity index (χ2n) is 6.68. The second kappa shape index (κ2) is 4.48. The Morgan fingerprint density at radius 3 is 2.70 bits per heavy atom. The molecule has 0 amide bonds. The molecule has 0 aromatic carbocycles. The van der Waals surface area contributed by atoms with E-state index in [0.29, 0.717) is 18.7 Å². The van der Waals surface area contributed by atoms with E-state index < -0.39 is 12.0 Å². The summed E-state index contributed by atoms with van der Waals surface area (Å²) in [6, 6.07) is -0.0593. The second-order valence-corrected chi connectivity index (χ2v) is 6.68. The highest BCUT2D eigenvalue weighted by Gasteiger charge is 2.43. The number of nitrogens with one attached hydrogen (secondary N) is 1. The maximum Gasteiger partial charge on any atom is 0.449 e. The summed E-state index contributed by atoms with van der Waals surface area (Å²) in [6.45, 7) is 5.43. The van der Waals surface area contributed by atoms with E-state index >= 15 is 0 Å². The van der Waals surface area contributed by atoms with E-state index in [2.05, 4.69) is 24.1 Å². The lowest BCUT2D eigenvalue weighted by Crippen LogP contribution is -2.26. The third kappa shape index (κ3) is 2.34. The van der Waals surface area contributed by atoms with Gasteiger partial charge in [0.05, 0.1) is 5.69 Å². The molecule has 1 aliphatic carbocycles. The van der Waals surface area contributed by atoms with Crippen molar-refractivity contribution in [2.45, 2.75) is 58.3 Å². The van der Waals surface area contributed by atoms with Gasteiger partial charge in [0.15, 0.2) is 0 Å². The van der Waals surface area contributed by atoms with Crippen LogP contribution in [0.2, 0.25) is 0 Å². The van der Waals surface area contributed by atoms with Crippen LogP contribution in [0.3, 0.4) is 0 Å². The molecular weight excluding hydrogens is 267 g/mol. The number of rotatable bonds is 1. The third-order valence-corrected chi connectivity index (χ3v) is 4.49. The van der Waals surface area contributed by atoms with Crippen molar-refractivity contribution < 1.29 is 13.2 Å². The summed E-state index contributed by atoms with van der Waals surface area (Å²) in [5.74, 6) is -0.700. The number of hydrogen-bond donors (Lipinski definition) is 1. The molecule has 2 heterocycles. The fourth-order valence-electron chi connectivity index (χ4n) is 3.55. The fraction of sp³-hybridized carbons (Fsp3) is 0.786. The molecule has 3 rings (SSSR count). The molecule has 1 aliphatic heterocycles. The Morgan fingerprint density at radius 1 is 1.35 bits per heavy atom. The van der Waals surface area contributed by atoms with Crippen LogP contribution in [-0.2, 0) is 19.1 Å². The standard InChI is InChI=1S/C14H20F3N3/c1-13(2)5-3-9(7-13)20-11-4-6-18-8-10(11)19-12(20)14(15,16)17/h9,18H,3-8H2,1-2H3. The minimum absolute atomic E-state index is 0.0593. The average Bonchev–Trinajstić information content (AvgIpc) is 2.88. The lowest BCUT2D eigenvalue weighted by Gasteiger charge is -2.23. The summed E-state index contributed by atoms with van der Waals surface area (Å²) in [6.07, 6.45) is -1.15. The minimum Gasteiger partial charge on any atom is -0.321 e. The molecule has 20 heavy (non-hydrogen) atoms. The van der Waals surface area contributed by atoms with Crippen molar-refractivity contribution in [3.63, 3.8) is 0 Å². The van der Waals surface area contributed by atoms with E-state index in [1.807, 2.05) is 0 Å². The molecule has 1 aromatic heterocycles. The predicted octanol–water partition coefficient (Wildman–Crippen LogP) is 3.30. The molecule has 1 N–H and O–H groups in total. The number of hydrogen-bond acceptors (Lipinski definition) is 2. The lowest BCUT2D eigenvalue weighted by molar-refractivity contribution is -0.148. The molecule has 1 aromatic rings. The van der Waals surface area contributed by atoms with E-state index in [9.17, 15) is 13.2 Å². The Labute approximate surface area is 116 Å². The maximum absolute atomic E-state index is 13.3. The molecule has 2 aliphatic rings. The van der Waals surface area contributed by atoms with E-state index in [1.54, 1.807) is 0 Å². The van der Waals surface area contributed by atoms with E-state index in [-0.39, 0.29) is 11.5 Å². The van der Waals surface area contributed by atoms with Gasteiger partial charge in [-0.3, -0.25) is 0 Å². The highest BCUT2D eigenvalue weighted by Crippen LogP contribution is 2.46. The topological polar surface area (TPSA) is 29.9 Å². The van der Waals surface area contributed by atoms with Crippen LogP contribution in [0, 0.1) is 5.41 Å². The lowest BCUT2D eigenvalue weighted by atomic mass is 9.91. The summed E-state index contributed by atoms with van der Waals surface area (Å²) in [4.78, 5) is 3.89. The first kappa shape index (κ1) is 13.9. The average molecular weight is 287 g/mol. The molecule has 3 nitrogen and oxygen atoms in total. The van der Waals surface area contributed by atoms with Gasteiger partial charge in [0, 0.05) is 31.2 Å². The van der Waals surface area contributed by atoms with Crippen molar-refractivity contribution in [2.75, 3.05) is 6.54 Å². The SMILES string of the molecule is CC1(C)CCC(n2c(C(F)(F)F)nc3c2CCNC3)C1. The summed E-state index contributed by atoms with van der Waals surface area (Å²) in [7, 11) is 0. The summed E-state index contributed by atoms with van der Waals surface area (Å²) in [5, 5.41) is 3.10. The normalized spacial score (nSPS) is 25.8. The van der Waals surface area contributed by atoms with E-state index in [1.165, 1.54) is 4.57 Å². The summed E-state index contributed by atoms with van der Waals surface area (Å²) >= 11 is 0. The summed E-state index contributed by atoms with van der Waals surface area (Å²) in [5.41, 5.74) is 1.49. The molecule has 0 bridgehead atoms. The van der Waals surface area contributed by atoms with Crippen LogP contribution in [-0.4, -0.2) is 16.1 Å². The van der Waals surface area contributed by atoms with Gasteiger partial charge in [-0.1, -0.05) is 13.8 Å². The van der Waals surface area contributed by atoms with Gasteiger partial charge < -0.3 is 9.88 Å². The van der Waals surface area contributed by atoms with Crippen LogP contribution in [0.15, 0.2) is 0 Å². The number of aromatic nitrogens is 2. The molecule has 6 heteroatoms. The molecule has 112 valence electrons. The zero-order chi connectivity index (χ0) is 14.5. The predicted molar refractivity (Wildman–Crippen MR) is 69.3 cm³/mol. The zero-order valence-electron chi connectivity index (χ0n) is 11.8. The highest BCUT2D eigenvalue weighted by molar-refractivity contribution is 5.23. The largest absolute Gasteiger partial charge is 0.449 e. The Balaban J connectivity index is 2.06. The molecule has 1 unspecified atom stereocenters. The van der Waals surface area contributed by atoms with Crippen molar-refractivity contribution >= 4 is 0 Å². The number of halogens is 3. The molecule has 1 saturated carbocycles. The van der Waals surface area contributed by atoms with Crippen LogP contribution in [0.25, 0.3) is 0 Å². The number of alkyl halides is 3. The van der Waals surface area contributed by atoms with Crippen LogP contribution in [0.4, 0.5) is 13.2 Å². The van der Waals surface area contributed by atoms with Crippen LogP contribution < -0.4 is 5.32 Å². The van der Waals surface area contributed by atoms with E-state index in [4.69, 9.17) is 0 Å². The number of fused-ring (bicyclic) bond motifs is 1. The van der Waals surface area contributed by atoms with Crippen molar-refractivity contribution in [2.24, 2.45) is 5.41 Å². The molecular formula is C14H20F3N3. The van der Waals surface area contributed by atoms with Gasteiger partial charge in [-0.05, 0) is 24.7 Å². The first-order valence-electron chi connectivity index (χ1n) is 7.16. The van der Waals surface area contributed by atoms with Gasteiger partial charge in [-0.2, -0.15) is 13.2 Å². The Bertz CT molecular complexity index is 516. The van der Waals surface area contributed by atoms with Crippen LogP contribution >= 0.6 is 0 Å². The van der Waals surface area contributed by atoms with Gasteiger partial charge in [0.1, 0.15) is 0 Å². The number of nitrogens with zero attached hydrogens (tertiary/aromatic N) is 2. The van der Waals surface area contributed by atoms with E-state index in [0.717, 1.165) is 31.5 Å². The molecule has 1 atom stereocenters. The van der Waals surface area contributed by atoms with Gasteiger partial charge >= 0.3 is 6.18 Å². The van der Waals surface area contributed by atoms with Crippen LogP contribution in [0.1, 0.15) is 56.4 Å². The number of imidazole rings is 1. The Kier molecular flexibility index (Phi) is 3.12. The Hall–Kier alpha value is -1.04. The van der Waals surface area contributed by atoms with Gasteiger partial charge in [-0.25, -0.2) is 4.98 Å². The molecule has 1 fully saturated rings. The first-order valence-corrected chi connectivity index (χ1v) is 7.16. The minimum atomic E-state index is -4.37. The summed E-state index contributed by atoms with van der Waals surface area (Å²) < 4.78 is 41.3. The molecule has 0 spiro atoms. The fourth-order valence-corrected chi connectivity index (χ4v) is 3.55. The smallest absolute Gasteiger partial charge is 0.321 e. The van der Waals surface area contributed by atoms with Gasteiger partial charge in [0.2, 0.25) is 5.82 Å². The molecule has 0 saturated heterocycles. The van der Waals surface area contributed by atoms with Gasteiger partial charge in [0.25, 0.3) is 0 Å². The maximum atomic E-state index is 13.3. The first-order chi connectivity index (χ1) is 9.28. The van der Waals surface area contributed by atoms with Crippen molar-refractivity contribution in [1.29, 1.82) is 0 Å². The van der Waals surface area contributed by atoms with Crippen molar-refractivity contribution in [1.82, 2.24) is 14.9 Å². The van der Waals surface area contributed by atoms with Crippen molar-refractivity contribution in [3.05, 3.63) is 17.2 Å². The zero-order valence-corrected chi connectivity index (χ0v) is 11.8. The Morgan fingerprint density at radius 2 is 2.10 bits per heavy atom. The quantitative estimate of drug-likeness (QED) is 0.859.